The number of benzene rings is 7. The number of hydrogen-bond acceptors (Lipinski definition) is 3. The van der Waals surface area contributed by atoms with Gasteiger partial charge < -0.3 is 4.90 Å². The standard InChI is InChI=1S/C43H28N2S/c1-3-11-29(12-4-1)30-19-22-33(23-20-30)45(39-26-25-34(31-13-5-2-6-14-31)36-17-9-10-18-37(36)39)40-27-28-44-41-38-24-21-32-15-7-8-16-35(32)42(38)46-43(40)41/h1-28H. The van der Waals surface area contributed by atoms with Crippen molar-refractivity contribution < 1.29 is 0 Å². The van der Waals surface area contributed by atoms with Crippen LogP contribution < -0.4 is 4.90 Å². The van der Waals surface area contributed by atoms with E-state index in [0.29, 0.717) is 0 Å². The van der Waals surface area contributed by atoms with Gasteiger partial charge in [0.05, 0.1) is 21.6 Å². The van der Waals surface area contributed by atoms with Crippen LogP contribution in [0.4, 0.5) is 17.1 Å². The SMILES string of the molecule is c1ccc(-c2ccc(N(c3ccc(-c4ccccc4)c4ccccc34)c3ccnc4c3sc3c5ccccc5ccc43)cc2)cc1. The van der Waals surface area contributed by atoms with Crippen LogP contribution in [0.1, 0.15) is 0 Å². The van der Waals surface area contributed by atoms with E-state index in [4.69, 9.17) is 4.98 Å². The summed E-state index contributed by atoms with van der Waals surface area (Å²) < 4.78 is 2.45. The van der Waals surface area contributed by atoms with Gasteiger partial charge in [-0.1, -0.05) is 140 Å². The molecule has 2 nitrogen and oxygen atoms in total. The summed E-state index contributed by atoms with van der Waals surface area (Å²) >= 11 is 1.84. The van der Waals surface area contributed by atoms with Crippen molar-refractivity contribution in [3.8, 4) is 22.3 Å². The maximum Gasteiger partial charge on any atom is 0.0909 e. The molecule has 0 aliphatic rings. The lowest BCUT2D eigenvalue weighted by Crippen LogP contribution is -2.11. The first-order chi connectivity index (χ1) is 22.8. The Morgan fingerprint density at radius 1 is 0.413 bits per heavy atom. The van der Waals surface area contributed by atoms with Crippen molar-refractivity contribution in [2.24, 2.45) is 0 Å². The highest BCUT2D eigenvalue weighted by atomic mass is 32.1. The van der Waals surface area contributed by atoms with Gasteiger partial charge in [-0.3, -0.25) is 4.98 Å². The zero-order chi connectivity index (χ0) is 30.5. The Morgan fingerprint density at radius 2 is 1.07 bits per heavy atom. The number of hydrogen-bond donors (Lipinski definition) is 0. The molecule has 46 heavy (non-hydrogen) atoms. The largest absolute Gasteiger partial charge is 0.308 e. The molecule has 0 N–H and O–H groups in total. The lowest BCUT2D eigenvalue weighted by molar-refractivity contribution is 1.30. The number of anilines is 3. The number of fused-ring (bicyclic) bond motifs is 6. The molecule has 0 saturated heterocycles. The van der Waals surface area contributed by atoms with Crippen LogP contribution in [0.5, 0.6) is 0 Å². The van der Waals surface area contributed by atoms with Gasteiger partial charge in [-0.2, -0.15) is 0 Å². The fourth-order valence-electron chi connectivity index (χ4n) is 6.74. The molecule has 0 radical (unpaired) electrons. The first kappa shape index (κ1) is 26.6. The Morgan fingerprint density at radius 3 is 1.85 bits per heavy atom. The second-order valence-electron chi connectivity index (χ2n) is 11.6. The third-order valence-electron chi connectivity index (χ3n) is 8.92. The van der Waals surface area contributed by atoms with Crippen LogP contribution in [-0.2, 0) is 0 Å². The van der Waals surface area contributed by atoms with Gasteiger partial charge in [0.2, 0.25) is 0 Å². The van der Waals surface area contributed by atoms with E-state index in [0.717, 1.165) is 22.6 Å². The van der Waals surface area contributed by atoms with Crippen molar-refractivity contribution in [1.29, 1.82) is 0 Å². The van der Waals surface area contributed by atoms with Crippen LogP contribution in [0.2, 0.25) is 0 Å². The van der Waals surface area contributed by atoms with Gasteiger partial charge in [0.1, 0.15) is 0 Å². The van der Waals surface area contributed by atoms with Gasteiger partial charge in [0.15, 0.2) is 0 Å². The molecule has 0 bridgehead atoms. The van der Waals surface area contributed by atoms with Gasteiger partial charge in [0.25, 0.3) is 0 Å². The molecule has 7 aromatic carbocycles. The van der Waals surface area contributed by atoms with Crippen LogP contribution in [0.15, 0.2) is 170 Å². The molecule has 0 fully saturated rings. The highest BCUT2D eigenvalue weighted by molar-refractivity contribution is 7.27. The van der Waals surface area contributed by atoms with E-state index in [1.54, 1.807) is 0 Å². The van der Waals surface area contributed by atoms with E-state index >= 15 is 0 Å². The fraction of sp³-hybridized carbons (Fsp3) is 0. The third-order valence-corrected chi connectivity index (χ3v) is 10.2. The van der Waals surface area contributed by atoms with Gasteiger partial charge >= 0.3 is 0 Å². The van der Waals surface area contributed by atoms with Crippen molar-refractivity contribution in [2.45, 2.75) is 0 Å². The van der Waals surface area contributed by atoms with E-state index in [9.17, 15) is 0 Å². The summed E-state index contributed by atoms with van der Waals surface area (Å²) in [7, 11) is 0. The number of pyridine rings is 1. The zero-order valence-electron chi connectivity index (χ0n) is 25.0. The molecule has 2 heterocycles. The van der Waals surface area contributed by atoms with Crippen molar-refractivity contribution in [3.05, 3.63) is 170 Å². The minimum Gasteiger partial charge on any atom is -0.308 e. The topological polar surface area (TPSA) is 16.1 Å². The smallest absolute Gasteiger partial charge is 0.0909 e. The second-order valence-corrected chi connectivity index (χ2v) is 12.6. The first-order valence-corrected chi connectivity index (χ1v) is 16.4. The number of rotatable bonds is 5. The van der Waals surface area contributed by atoms with Crippen molar-refractivity contribution >= 4 is 70.2 Å². The predicted octanol–water partition coefficient (Wildman–Crippen LogP) is 12.6. The molecule has 0 atom stereocenters. The normalized spacial score (nSPS) is 11.5. The minimum atomic E-state index is 1.04. The molecular weight excluding hydrogens is 577 g/mol. The second kappa shape index (κ2) is 11.0. The monoisotopic (exact) mass is 604 g/mol. The Kier molecular flexibility index (Phi) is 6.36. The molecular formula is C43H28N2S. The Labute approximate surface area is 271 Å². The van der Waals surface area contributed by atoms with Crippen molar-refractivity contribution in [2.75, 3.05) is 4.90 Å². The highest BCUT2D eigenvalue weighted by Gasteiger charge is 2.22. The van der Waals surface area contributed by atoms with Crippen LogP contribution in [0.25, 0.3) is 64.1 Å². The molecule has 0 unspecified atom stereocenters. The number of aromatic nitrogens is 1. The van der Waals surface area contributed by atoms with Gasteiger partial charge in [-0.15, -0.1) is 11.3 Å². The summed E-state index contributed by atoms with van der Waals surface area (Å²) in [6.45, 7) is 0. The average molecular weight is 605 g/mol. The van der Waals surface area contributed by atoms with Crippen LogP contribution in [0, 0.1) is 0 Å². The molecule has 9 aromatic rings. The summed E-state index contributed by atoms with van der Waals surface area (Å²) in [5, 5.41) is 6.14. The molecule has 0 aliphatic carbocycles. The Bertz CT molecular complexity index is 2520. The maximum atomic E-state index is 4.96. The lowest BCUT2D eigenvalue weighted by Gasteiger charge is -2.28. The van der Waals surface area contributed by atoms with Gasteiger partial charge in [0, 0.05) is 27.4 Å². The number of nitrogens with zero attached hydrogens (tertiary/aromatic N) is 2. The lowest BCUT2D eigenvalue weighted by atomic mass is 9.96. The predicted molar refractivity (Wildman–Crippen MR) is 198 cm³/mol. The first-order valence-electron chi connectivity index (χ1n) is 15.6. The van der Waals surface area contributed by atoms with Crippen molar-refractivity contribution in [1.82, 2.24) is 4.98 Å². The zero-order valence-corrected chi connectivity index (χ0v) is 25.8. The van der Waals surface area contributed by atoms with Crippen LogP contribution in [-0.4, -0.2) is 4.98 Å². The van der Waals surface area contributed by atoms with Crippen LogP contribution >= 0.6 is 11.3 Å². The molecule has 9 rings (SSSR count). The van der Waals surface area contributed by atoms with Crippen LogP contribution in [0.3, 0.4) is 0 Å². The minimum absolute atomic E-state index is 1.04. The molecule has 2 aromatic heterocycles. The average Bonchev–Trinajstić information content (AvgIpc) is 3.53. The quantitative estimate of drug-likeness (QED) is 0.194. The summed E-state index contributed by atoms with van der Waals surface area (Å²) in [6, 6.07) is 58.8. The Hall–Kier alpha value is -5.77. The fourth-order valence-corrected chi connectivity index (χ4v) is 8.04. The van der Waals surface area contributed by atoms with E-state index in [1.807, 2.05) is 17.5 Å². The van der Waals surface area contributed by atoms with Gasteiger partial charge in [-0.05, 0) is 62.7 Å². The van der Waals surface area contributed by atoms with E-state index in [2.05, 4.69) is 169 Å². The molecule has 0 saturated carbocycles. The molecule has 216 valence electrons. The van der Waals surface area contributed by atoms with Crippen molar-refractivity contribution in [3.63, 3.8) is 0 Å². The van der Waals surface area contributed by atoms with E-state index < -0.39 is 0 Å². The number of thiophene rings is 1. The summed E-state index contributed by atoms with van der Waals surface area (Å²) in [5.41, 5.74) is 9.26. The molecule has 0 amide bonds. The highest BCUT2D eigenvalue weighted by Crippen LogP contribution is 2.48. The van der Waals surface area contributed by atoms with E-state index in [1.165, 1.54) is 58.6 Å². The summed E-state index contributed by atoms with van der Waals surface area (Å²) in [4.78, 5) is 7.38. The third kappa shape index (κ3) is 4.36. The van der Waals surface area contributed by atoms with Gasteiger partial charge in [-0.25, -0.2) is 0 Å². The maximum absolute atomic E-state index is 4.96. The van der Waals surface area contributed by atoms with E-state index in [-0.39, 0.29) is 0 Å². The summed E-state index contributed by atoms with van der Waals surface area (Å²) in [5.74, 6) is 0. The molecule has 3 heteroatoms. The summed E-state index contributed by atoms with van der Waals surface area (Å²) in [6.07, 6.45) is 1.96. The Balaban J connectivity index is 1.31. The molecule has 0 aliphatic heterocycles. The molecule has 0 spiro atoms.